The zero-order valence-corrected chi connectivity index (χ0v) is 23.6. The van der Waals surface area contributed by atoms with Crippen LogP contribution in [-0.2, 0) is 21.7 Å². The molecule has 0 saturated heterocycles. The molecular weight excluding hydrogens is 536 g/mol. The van der Waals surface area contributed by atoms with Crippen LogP contribution in [0.3, 0.4) is 0 Å². The topological polar surface area (TPSA) is 95.2 Å². The number of benzene rings is 4. The Morgan fingerprint density at radius 1 is 0.409 bits per heavy atom. The van der Waals surface area contributed by atoms with E-state index >= 15 is 0 Å². The standard InChI is InChI=1S/C40H24N4/c41-21-25(22-42)31-33-34-32(26(23-43)24-44)35-37(33,27-13-5-1-6-14-27)39(29-17-9-3-10-18-29)36(31)38(34,28-15-7-2-8-16-28)40(35,39)30-19-11-4-12-20-30/h1-20,33-36H. The van der Waals surface area contributed by atoms with Crippen molar-refractivity contribution in [2.45, 2.75) is 21.7 Å². The molecule has 4 heteroatoms. The van der Waals surface area contributed by atoms with E-state index in [1.807, 2.05) is 24.3 Å². The van der Waals surface area contributed by atoms with Crippen LogP contribution in [0.4, 0.5) is 0 Å². The van der Waals surface area contributed by atoms with E-state index in [1.54, 1.807) is 0 Å². The van der Waals surface area contributed by atoms with Crippen LogP contribution in [0.2, 0.25) is 0 Å². The second-order valence-electron chi connectivity index (χ2n) is 12.7. The van der Waals surface area contributed by atoms with Gasteiger partial charge in [0.2, 0.25) is 0 Å². The van der Waals surface area contributed by atoms with Gasteiger partial charge >= 0.3 is 0 Å². The molecular formula is C40H24N4. The third-order valence-corrected chi connectivity index (χ3v) is 12.3. The minimum Gasteiger partial charge on any atom is -0.192 e. The molecule has 6 aliphatic carbocycles. The highest BCUT2D eigenvalue weighted by atomic mass is 15.1. The van der Waals surface area contributed by atoms with Gasteiger partial charge in [-0.1, -0.05) is 121 Å². The molecule has 44 heavy (non-hydrogen) atoms. The highest BCUT2D eigenvalue weighted by molar-refractivity contribution is 5.87. The van der Waals surface area contributed by atoms with Crippen molar-refractivity contribution in [2.24, 2.45) is 23.7 Å². The quantitative estimate of drug-likeness (QED) is 0.252. The van der Waals surface area contributed by atoms with Crippen LogP contribution in [0, 0.1) is 69.0 Å². The third-order valence-electron chi connectivity index (χ3n) is 12.3. The minimum atomic E-state index is -0.542. The van der Waals surface area contributed by atoms with E-state index in [0.29, 0.717) is 0 Å². The molecule has 0 radical (unpaired) electrons. The normalized spacial score (nSPS) is 35.5. The van der Waals surface area contributed by atoms with E-state index in [4.69, 9.17) is 0 Å². The number of allylic oxidation sites excluding steroid dienone is 4. The first kappa shape index (κ1) is 24.9. The SMILES string of the molecule is N#CC(C#N)=C1C2C3C(=C(C#N)C#N)C4C2(c2ccccc2)C2(c5ccccc5)C1C3(c1ccccc1)C42c1ccccc1. The van der Waals surface area contributed by atoms with Gasteiger partial charge < -0.3 is 0 Å². The molecule has 8 unspecified atom stereocenters. The molecule has 8 atom stereocenters. The largest absolute Gasteiger partial charge is 0.192 e. The molecule has 0 N–H and O–H groups in total. The van der Waals surface area contributed by atoms with Crippen molar-refractivity contribution in [3.63, 3.8) is 0 Å². The molecule has 6 saturated carbocycles. The van der Waals surface area contributed by atoms with Gasteiger partial charge in [-0.15, -0.1) is 0 Å². The highest BCUT2D eigenvalue weighted by Gasteiger charge is 3.11. The fourth-order valence-corrected chi connectivity index (χ4v) is 12.3. The Labute approximate surface area is 256 Å². The van der Waals surface area contributed by atoms with Crippen LogP contribution in [0.25, 0.3) is 0 Å². The summed E-state index contributed by atoms with van der Waals surface area (Å²) in [5, 5.41) is 42.1. The molecule has 204 valence electrons. The molecule has 0 aromatic heterocycles. The summed E-state index contributed by atoms with van der Waals surface area (Å²) in [6.07, 6.45) is 0. The first-order valence-corrected chi connectivity index (χ1v) is 15.0. The van der Waals surface area contributed by atoms with E-state index in [2.05, 4.69) is 121 Å². The van der Waals surface area contributed by atoms with Crippen molar-refractivity contribution in [2.75, 3.05) is 0 Å². The fraction of sp³-hybridized carbons (Fsp3) is 0.200. The maximum atomic E-state index is 10.5. The molecule has 4 nitrogen and oxygen atoms in total. The molecule has 0 aliphatic heterocycles. The summed E-state index contributed by atoms with van der Waals surface area (Å²) in [5.74, 6) is -0.743. The molecule has 0 spiro atoms. The Bertz CT molecular complexity index is 1950. The average molecular weight is 561 g/mol. The predicted octanol–water partition coefficient (Wildman–Crippen LogP) is 6.96. The summed E-state index contributed by atoms with van der Waals surface area (Å²) >= 11 is 0. The summed E-state index contributed by atoms with van der Waals surface area (Å²) in [6.45, 7) is 0. The van der Waals surface area contributed by atoms with E-state index < -0.39 is 21.7 Å². The monoisotopic (exact) mass is 560 g/mol. The lowest BCUT2D eigenvalue weighted by atomic mass is 9.11. The van der Waals surface area contributed by atoms with Gasteiger partial charge in [0.05, 0.1) is 0 Å². The van der Waals surface area contributed by atoms with Gasteiger partial charge in [-0.3, -0.25) is 0 Å². The maximum absolute atomic E-state index is 10.5. The van der Waals surface area contributed by atoms with Crippen molar-refractivity contribution in [3.8, 4) is 24.3 Å². The molecule has 0 heterocycles. The second kappa shape index (κ2) is 8.03. The summed E-state index contributed by atoms with van der Waals surface area (Å²) in [5.41, 5.74) is 4.74. The summed E-state index contributed by atoms with van der Waals surface area (Å²) < 4.78 is 0. The molecule has 4 bridgehead atoms. The zero-order chi connectivity index (χ0) is 29.9. The van der Waals surface area contributed by atoms with E-state index in [9.17, 15) is 21.0 Å². The third kappa shape index (κ3) is 2.03. The number of nitrogens with zero attached hydrogens (tertiary/aromatic N) is 4. The van der Waals surface area contributed by atoms with Gasteiger partial charge in [0.15, 0.2) is 0 Å². The predicted molar refractivity (Wildman–Crippen MR) is 163 cm³/mol. The molecule has 10 rings (SSSR count). The first-order chi connectivity index (χ1) is 21.7. The fourth-order valence-electron chi connectivity index (χ4n) is 12.3. The summed E-state index contributed by atoms with van der Waals surface area (Å²) in [4.78, 5) is 0. The maximum Gasteiger partial charge on any atom is 0.129 e. The molecule has 6 aliphatic rings. The van der Waals surface area contributed by atoms with E-state index in [-0.39, 0.29) is 34.8 Å². The Morgan fingerprint density at radius 3 is 0.955 bits per heavy atom. The van der Waals surface area contributed by atoms with E-state index in [0.717, 1.165) is 22.3 Å². The summed E-state index contributed by atoms with van der Waals surface area (Å²) in [6, 6.07) is 51.6. The van der Waals surface area contributed by atoms with Crippen molar-refractivity contribution in [3.05, 3.63) is 166 Å². The zero-order valence-electron chi connectivity index (χ0n) is 23.6. The Balaban J connectivity index is 1.58. The number of hydrogen-bond donors (Lipinski definition) is 0. The van der Waals surface area contributed by atoms with Crippen LogP contribution in [0.5, 0.6) is 0 Å². The molecule has 4 aromatic carbocycles. The van der Waals surface area contributed by atoms with Crippen LogP contribution in [0.1, 0.15) is 22.3 Å². The van der Waals surface area contributed by atoms with Crippen LogP contribution in [-0.4, -0.2) is 0 Å². The lowest BCUT2D eigenvalue weighted by molar-refractivity contribution is -0.272. The lowest BCUT2D eigenvalue weighted by Crippen LogP contribution is -2.95. The number of hydrogen-bond acceptors (Lipinski definition) is 4. The number of rotatable bonds is 4. The first-order valence-electron chi connectivity index (χ1n) is 15.0. The molecule has 4 aromatic rings. The highest BCUT2D eigenvalue weighted by Crippen LogP contribution is 3.08. The van der Waals surface area contributed by atoms with Crippen molar-refractivity contribution < 1.29 is 0 Å². The molecule has 6 fully saturated rings. The van der Waals surface area contributed by atoms with Crippen LogP contribution < -0.4 is 0 Å². The molecule has 0 amide bonds. The van der Waals surface area contributed by atoms with Crippen molar-refractivity contribution in [1.29, 1.82) is 21.0 Å². The van der Waals surface area contributed by atoms with Crippen molar-refractivity contribution in [1.82, 2.24) is 0 Å². The lowest BCUT2D eigenvalue weighted by Gasteiger charge is -2.89. The van der Waals surface area contributed by atoms with Gasteiger partial charge in [-0.2, -0.15) is 21.0 Å². The Morgan fingerprint density at radius 2 is 0.682 bits per heavy atom. The van der Waals surface area contributed by atoms with Crippen LogP contribution in [0.15, 0.2) is 144 Å². The van der Waals surface area contributed by atoms with Gasteiger partial charge in [0.1, 0.15) is 35.4 Å². The Hall–Kier alpha value is -5.68. The minimum absolute atomic E-state index is 0.170. The average Bonchev–Trinajstić information content (AvgIpc) is 3.60. The second-order valence-corrected chi connectivity index (χ2v) is 12.7. The van der Waals surface area contributed by atoms with Gasteiger partial charge in [-0.25, -0.2) is 0 Å². The van der Waals surface area contributed by atoms with Crippen LogP contribution >= 0.6 is 0 Å². The van der Waals surface area contributed by atoms with Gasteiger partial charge in [0, 0.05) is 45.3 Å². The van der Waals surface area contributed by atoms with E-state index in [1.165, 1.54) is 11.1 Å². The summed E-state index contributed by atoms with van der Waals surface area (Å²) in [7, 11) is 0. The van der Waals surface area contributed by atoms with Gasteiger partial charge in [-0.05, 0) is 33.4 Å². The van der Waals surface area contributed by atoms with Gasteiger partial charge in [0.25, 0.3) is 0 Å². The Kier molecular flexibility index (Phi) is 4.54. The van der Waals surface area contributed by atoms with Crippen molar-refractivity contribution >= 4 is 0 Å². The smallest absolute Gasteiger partial charge is 0.129 e. The number of nitriles is 4.